The van der Waals surface area contributed by atoms with Gasteiger partial charge < -0.3 is 19.5 Å². The first-order valence-electron chi connectivity index (χ1n) is 10.5. The van der Waals surface area contributed by atoms with E-state index in [1.54, 1.807) is 11.9 Å². The quantitative estimate of drug-likeness (QED) is 0.678. The highest BCUT2D eigenvalue weighted by Gasteiger charge is 2.34. The minimum Gasteiger partial charge on any atom is -0.464 e. The van der Waals surface area contributed by atoms with E-state index in [-0.39, 0.29) is 17.9 Å². The van der Waals surface area contributed by atoms with Gasteiger partial charge >= 0.3 is 0 Å². The van der Waals surface area contributed by atoms with Gasteiger partial charge in [-0.15, -0.1) is 0 Å². The average molecular weight is 419 g/mol. The van der Waals surface area contributed by atoms with E-state index in [4.69, 9.17) is 4.42 Å². The number of aromatic nitrogens is 2. The maximum atomic E-state index is 13.2. The number of fused-ring (bicyclic) bond motifs is 2. The van der Waals surface area contributed by atoms with Gasteiger partial charge in [0.1, 0.15) is 23.3 Å². The van der Waals surface area contributed by atoms with E-state index >= 15 is 0 Å². The molecular formula is C23H25N5O3. The van der Waals surface area contributed by atoms with Gasteiger partial charge in [0.2, 0.25) is 5.91 Å². The SMILES string of the molecule is Cc1ccc(CN(C)C(=O)c2[nH]nc3c2CN(C(=O)C2Cc4ccccc4N2)CC3)o1. The van der Waals surface area contributed by atoms with Crippen molar-refractivity contribution in [3.05, 3.63) is 70.4 Å². The van der Waals surface area contributed by atoms with E-state index < -0.39 is 0 Å². The van der Waals surface area contributed by atoms with Gasteiger partial charge in [-0.3, -0.25) is 14.7 Å². The lowest BCUT2D eigenvalue weighted by atomic mass is 10.0. The zero-order valence-corrected chi connectivity index (χ0v) is 17.6. The molecule has 1 unspecified atom stereocenters. The number of amides is 2. The number of carbonyl (C=O) groups excluding carboxylic acids is 2. The van der Waals surface area contributed by atoms with E-state index in [0.29, 0.717) is 38.2 Å². The van der Waals surface area contributed by atoms with Gasteiger partial charge in [-0.2, -0.15) is 5.10 Å². The van der Waals surface area contributed by atoms with Crippen molar-refractivity contribution < 1.29 is 14.0 Å². The van der Waals surface area contributed by atoms with Crippen molar-refractivity contribution in [3.8, 4) is 0 Å². The van der Waals surface area contributed by atoms with E-state index in [2.05, 4.69) is 15.5 Å². The highest BCUT2D eigenvalue weighted by Crippen LogP contribution is 2.28. The monoisotopic (exact) mass is 419 g/mol. The Hall–Kier alpha value is -3.55. The molecule has 4 heterocycles. The Morgan fingerprint density at radius 2 is 2.10 bits per heavy atom. The maximum absolute atomic E-state index is 13.2. The summed E-state index contributed by atoms with van der Waals surface area (Å²) in [5.74, 6) is 1.43. The molecule has 1 atom stereocenters. The van der Waals surface area contributed by atoms with Crippen molar-refractivity contribution in [1.29, 1.82) is 0 Å². The second kappa shape index (κ2) is 7.61. The molecule has 1 aromatic carbocycles. The fourth-order valence-corrected chi connectivity index (χ4v) is 4.39. The number of hydrogen-bond acceptors (Lipinski definition) is 5. The Balaban J connectivity index is 1.29. The lowest BCUT2D eigenvalue weighted by molar-refractivity contribution is -0.132. The van der Waals surface area contributed by atoms with E-state index in [1.165, 1.54) is 0 Å². The first-order chi connectivity index (χ1) is 15.0. The maximum Gasteiger partial charge on any atom is 0.272 e. The number of carbonyl (C=O) groups is 2. The number of aryl methyl sites for hydroxylation is 1. The third kappa shape index (κ3) is 3.58. The molecule has 0 aliphatic carbocycles. The number of anilines is 1. The number of rotatable bonds is 4. The van der Waals surface area contributed by atoms with Crippen LogP contribution in [0.15, 0.2) is 40.8 Å². The second-order valence-corrected chi connectivity index (χ2v) is 8.27. The van der Waals surface area contributed by atoms with Crippen LogP contribution in [-0.2, 0) is 30.7 Å². The van der Waals surface area contributed by atoms with Gasteiger partial charge in [0.05, 0.1) is 12.2 Å². The van der Waals surface area contributed by atoms with Crippen LogP contribution in [0, 0.1) is 6.92 Å². The molecule has 2 aliphatic heterocycles. The van der Waals surface area contributed by atoms with Crippen molar-refractivity contribution >= 4 is 17.5 Å². The number of benzene rings is 1. The van der Waals surface area contributed by atoms with Gasteiger partial charge in [-0.05, 0) is 30.7 Å². The Bertz CT molecular complexity index is 1120. The van der Waals surface area contributed by atoms with Crippen LogP contribution in [0.1, 0.15) is 38.8 Å². The van der Waals surface area contributed by atoms with Crippen LogP contribution < -0.4 is 5.32 Å². The lowest BCUT2D eigenvalue weighted by Crippen LogP contribution is -2.44. The molecular weight excluding hydrogens is 394 g/mol. The number of para-hydroxylation sites is 1. The van der Waals surface area contributed by atoms with Crippen molar-refractivity contribution in [1.82, 2.24) is 20.0 Å². The molecule has 8 nitrogen and oxygen atoms in total. The Kier molecular flexibility index (Phi) is 4.77. The minimum absolute atomic E-state index is 0.0564. The molecule has 2 aromatic heterocycles. The zero-order chi connectivity index (χ0) is 21.5. The normalized spacial score (nSPS) is 17.1. The predicted molar refractivity (Wildman–Crippen MR) is 115 cm³/mol. The standard InChI is InChI=1S/C23H25N5O3/c1-14-7-8-16(31-14)12-27(2)23(30)21-17-13-28(10-9-19(17)25-26-21)22(29)20-11-15-5-3-4-6-18(15)24-20/h3-8,20,24H,9-13H2,1-2H3,(H,25,26). The molecule has 0 fully saturated rings. The summed E-state index contributed by atoms with van der Waals surface area (Å²) in [4.78, 5) is 29.7. The number of nitrogens with one attached hydrogen (secondary N) is 2. The van der Waals surface area contributed by atoms with Crippen LogP contribution in [-0.4, -0.2) is 51.4 Å². The molecule has 0 saturated carbocycles. The summed E-state index contributed by atoms with van der Waals surface area (Å²) in [7, 11) is 1.73. The van der Waals surface area contributed by atoms with Crippen molar-refractivity contribution in [3.63, 3.8) is 0 Å². The fraction of sp³-hybridized carbons (Fsp3) is 0.348. The van der Waals surface area contributed by atoms with E-state index in [0.717, 1.165) is 34.0 Å². The third-order valence-electron chi connectivity index (χ3n) is 6.05. The number of aromatic amines is 1. The molecule has 2 amide bonds. The van der Waals surface area contributed by atoms with Crippen LogP contribution in [0.2, 0.25) is 0 Å². The van der Waals surface area contributed by atoms with E-state index in [9.17, 15) is 9.59 Å². The molecule has 3 aromatic rings. The van der Waals surface area contributed by atoms with Crippen LogP contribution in [0.4, 0.5) is 5.69 Å². The molecule has 0 radical (unpaired) electrons. The fourth-order valence-electron chi connectivity index (χ4n) is 4.39. The summed E-state index contributed by atoms with van der Waals surface area (Å²) >= 11 is 0. The topological polar surface area (TPSA) is 94.5 Å². The average Bonchev–Trinajstić information content (AvgIpc) is 3.49. The van der Waals surface area contributed by atoms with Gasteiger partial charge in [0.25, 0.3) is 5.91 Å². The summed E-state index contributed by atoms with van der Waals surface area (Å²) in [6.07, 6.45) is 1.31. The summed E-state index contributed by atoms with van der Waals surface area (Å²) in [6, 6.07) is 11.5. The largest absolute Gasteiger partial charge is 0.464 e. The summed E-state index contributed by atoms with van der Waals surface area (Å²) in [5, 5.41) is 10.6. The molecule has 8 heteroatoms. The van der Waals surface area contributed by atoms with Gasteiger partial charge in [-0.1, -0.05) is 18.2 Å². The summed E-state index contributed by atoms with van der Waals surface area (Å²) in [5.41, 5.74) is 4.29. The van der Waals surface area contributed by atoms with Gasteiger partial charge in [-0.25, -0.2) is 0 Å². The smallest absolute Gasteiger partial charge is 0.272 e. The molecule has 2 N–H and O–H groups in total. The molecule has 0 spiro atoms. The van der Waals surface area contributed by atoms with Crippen LogP contribution in [0.25, 0.3) is 0 Å². The highest BCUT2D eigenvalue weighted by atomic mass is 16.3. The molecule has 160 valence electrons. The molecule has 2 aliphatic rings. The third-order valence-corrected chi connectivity index (χ3v) is 6.05. The number of hydrogen-bond donors (Lipinski definition) is 2. The van der Waals surface area contributed by atoms with Gasteiger partial charge in [0.15, 0.2) is 0 Å². The number of H-pyrrole nitrogens is 1. The first-order valence-corrected chi connectivity index (χ1v) is 10.5. The Labute approximate surface area is 180 Å². The molecule has 0 bridgehead atoms. The van der Waals surface area contributed by atoms with Crippen LogP contribution in [0.5, 0.6) is 0 Å². The van der Waals surface area contributed by atoms with Crippen molar-refractivity contribution in [2.24, 2.45) is 0 Å². The van der Waals surface area contributed by atoms with Crippen LogP contribution >= 0.6 is 0 Å². The van der Waals surface area contributed by atoms with E-state index in [1.807, 2.05) is 48.2 Å². The zero-order valence-electron chi connectivity index (χ0n) is 17.6. The van der Waals surface area contributed by atoms with Crippen LogP contribution in [0.3, 0.4) is 0 Å². The molecule has 5 rings (SSSR count). The number of nitrogens with zero attached hydrogens (tertiary/aromatic N) is 3. The predicted octanol–water partition coefficient (Wildman–Crippen LogP) is 2.50. The second-order valence-electron chi connectivity index (χ2n) is 8.27. The van der Waals surface area contributed by atoms with Crippen molar-refractivity contribution in [2.45, 2.75) is 38.9 Å². The first kappa shape index (κ1) is 19.4. The summed E-state index contributed by atoms with van der Waals surface area (Å²) < 4.78 is 5.59. The molecule has 31 heavy (non-hydrogen) atoms. The highest BCUT2D eigenvalue weighted by molar-refractivity contribution is 5.94. The van der Waals surface area contributed by atoms with Gasteiger partial charge in [0, 0.05) is 44.2 Å². The summed E-state index contributed by atoms with van der Waals surface area (Å²) in [6.45, 7) is 3.22. The van der Waals surface area contributed by atoms with Crippen molar-refractivity contribution in [2.75, 3.05) is 18.9 Å². The molecule has 0 saturated heterocycles. The minimum atomic E-state index is -0.269. The number of furan rings is 1. The Morgan fingerprint density at radius 3 is 2.87 bits per heavy atom. The Morgan fingerprint density at radius 1 is 1.26 bits per heavy atom. The lowest BCUT2D eigenvalue weighted by Gasteiger charge is -2.29.